The number of benzene rings is 1. The van der Waals surface area contributed by atoms with Crippen LogP contribution in [0, 0.1) is 0 Å². The number of halogens is 2. The second kappa shape index (κ2) is 10.8. The molecule has 1 unspecified atom stereocenters. The molecular formula is C26H34ClFN6O. The van der Waals surface area contributed by atoms with E-state index in [0.29, 0.717) is 55.9 Å². The van der Waals surface area contributed by atoms with Crippen LogP contribution in [0.5, 0.6) is 0 Å². The molecule has 0 radical (unpaired) electrons. The van der Waals surface area contributed by atoms with Crippen molar-refractivity contribution in [3.8, 4) is 0 Å². The van der Waals surface area contributed by atoms with Gasteiger partial charge in [0.25, 0.3) is 0 Å². The van der Waals surface area contributed by atoms with Crippen molar-refractivity contribution in [1.29, 1.82) is 0 Å². The number of alkyl halides is 1. The molecule has 1 aromatic heterocycles. The number of carbonyl (C=O) groups is 1. The Morgan fingerprint density at radius 3 is 2.60 bits per heavy atom. The zero-order valence-electron chi connectivity index (χ0n) is 20.2. The van der Waals surface area contributed by atoms with Crippen molar-refractivity contribution in [2.45, 2.75) is 50.2 Å². The number of aromatic nitrogens is 2. The number of anilines is 1. The van der Waals surface area contributed by atoms with Gasteiger partial charge in [-0.1, -0.05) is 30.7 Å². The molecule has 1 aliphatic carbocycles. The summed E-state index contributed by atoms with van der Waals surface area (Å²) in [5.41, 5.74) is 2.46. The molecule has 0 saturated carbocycles. The van der Waals surface area contributed by atoms with Crippen LogP contribution in [0.25, 0.3) is 0 Å². The van der Waals surface area contributed by atoms with Crippen LogP contribution in [0.2, 0.25) is 5.02 Å². The topological polar surface area (TPSA) is 73.4 Å². The molecule has 2 aromatic rings. The van der Waals surface area contributed by atoms with Crippen molar-refractivity contribution in [3.63, 3.8) is 0 Å². The number of hydrogen-bond donors (Lipinski definition) is 2. The van der Waals surface area contributed by atoms with Crippen LogP contribution < -0.4 is 15.5 Å². The predicted molar refractivity (Wildman–Crippen MR) is 136 cm³/mol. The maximum Gasteiger partial charge on any atom is 0.231 e. The summed E-state index contributed by atoms with van der Waals surface area (Å²) < 4.78 is 14.4. The highest BCUT2D eigenvalue weighted by molar-refractivity contribution is 6.30. The molecule has 7 nitrogen and oxygen atoms in total. The van der Waals surface area contributed by atoms with E-state index >= 15 is 0 Å². The number of piperazine rings is 1. The minimum absolute atomic E-state index is 0.103. The van der Waals surface area contributed by atoms with Gasteiger partial charge in [0.2, 0.25) is 5.91 Å². The van der Waals surface area contributed by atoms with Crippen LogP contribution >= 0.6 is 11.6 Å². The fourth-order valence-corrected chi connectivity index (χ4v) is 5.75. The van der Waals surface area contributed by atoms with Crippen molar-refractivity contribution in [2.24, 2.45) is 0 Å². The van der Waals surface area contributed by atoms with Gasteiger partial charge >= 0.3 is 0 Å². The van der Waals surface area contributed by atoms with E-state index in [1.54, 1.807) is 0 Å². The van der Waals surface area contributed by atoms with Crippen LogP contribution in [-0.4, -0.2) is 72.6 Å². The molecule has 188 valence electrons. The van der Waals surface area contributed by atoms with Gasteiger partial charge in [-0.15, -0.1) is 0 Å². The average Bonchev–Trinajstić information content (AvgIpc) is 3.19. The molecular weight excluding hydrogens is 467 g/mol. The highest BCUT2D eigenvalue weighted by atomic mass is 35.5. The molecule has 5 rings (SSSR count). The van der Waals surface area contributed by atoms with Gasteiger partial charge in [0, 0.05) is 49.4 Å². The summed E-state index contributed by atoms with van der Waals surface area (Å²) in [5.74, 6) is 0.811. The van der Waals surface area contributed by atoms with Gasteiger partial charge in [-0.25, -0.2) is 14.4 Å². The van der Waals surface area contributed by atoms with Gasteiger partial charge in [-0.3, -0.25) is 4.79 Å². The van der Waals surface area contributed by atoms with Crippen molar-refractivity contribution < 1.29 is 9.18 Å². The summed E-state index contributed by atoms with van der Waals surface area (Å²) in [4.78, 5) is 26.6. The standard InChI is InChI=1S/C26H34ClFN6O/c1-17-14-22(28)24-23(17)25(32-16-31-24)33-10-12-34(13-11-33)26(35)21(18-2-4-19(27)5-3-18)15-30-20-6-8-29-9-7-20/h2-5,16-17,20-22,29-30H,6-15H2,1H3/t17-,21?,22+/m1/s1. The van der Waals surface area contributed by atoms with E-state index in [0.717, 1.165) is 42.9 Å². The zero-order valence-corrected chi connectivity index (χ0v) is 21.0. The van der Waals surface area contributed by atoms with E-state index in [1.165, 1.54) is 6.33 Å². The van der Waals surface area contributed by atoms with E-state index in [9.17, 15) is 9.18 Å². The van der Waals surface area contributed by atoms with E-state index in [1.807, 2.05) is 36.1 Å². The Bertz CT molecular complexity index is 1020. The number of amides is 1. The van der Waals surface area contributed by atoms with E-state index in [4.69, 9.17) is 11.6 Å². The van der Waals surface area contributed by atoms with Crippen LogP contribution in [0.15, 0.2) is 30.6 Å². The molecule has 1 aromatic carbocycles. The summed E-state index contributed by atoms with van der Waals surface area (Å²) in [5, 5.41) is 7.70. The Hall–Kier alpha value is -2.29. The molecule has 3 aliphatic rings. The molecule has 2 saturated heterocycles. The molecule has 35 heavy (non-hydrogen) atoms. The number of piperidine rings is 1. The van der Waals surface area contributed by atoms with Gasteiger partial charge < -0.3 is 20.4 Å². The summed E-state index contributed by atoms with van der Waals surface area (Å²) in [7, 11) is 0. The highest BCUT2D eigenvalue weighted by Gasteiger charge is 2.36. The van der Waals surface area contributed by atoms with Gasteiger partial charge in [0.15, 0.2) is 0 Å². The van der Waals surface area contributed by atoms with Gasteiger partial charge in [0.05, 0.1) is 11.6 Å². The van der Waals surface area contributed by atoms with Crippen molar-refractivity contribution in [3.05, 3.63) is 52.4 Å². The summed E-state index contributed by atoms with van der Waals surface area (Å²) in [6, 6.07) is 8.06. The normalized spacial score (nSPS) is 23.9. The second-order valence-corrected chi connectivity index (χ2v) is 10.4. The first-order valence-electron chi connectivity index (χ1n) is 12.7. The van der Waals surface area contributed by atoms with Crippen molar-refractivity contribution in [1.82, 2.24) is 25.5 Å². The van der Waals surface area contributed by atoms with Crippen LogP contribution in [0.4, 0.5) is 10.2 Å². The van der Waals surface area contributed by atoms with Gasteiger partial charge in [-0.2, -0.15) is 0 Å². The summed E-state index contributed by atoms with van der Waals surface area (Å²) in [6.07, 6.45) is 3.06. The molecule has 2 fully saturated rings. The first kappa shape index (κ1) is 24.4. The molecule has 0 bridgehead atoms. The maximum absolute atomic E-state index is 14.4. The molecule has 0 spiro atoms. The van der Waals surface area contributed by atoms with Gasteiger partial charge in [-0.05, 0) is 56.0 Å². The van der Waals surface area contributed by atoms with Gasteiger partial charge in [0.1, 0.15) is 18.3 Å². The Labute approximate surface area is 211 Å². The van der Waals surface area contributed by atoms with E-state index < -0.39 is 6.17 Å². The van der Waals surface area contributed by atoms with Crippen molar-refractivity contribution in [2.75, 3.05) is 50.7 Å². The van der Waals surface area contributed by atoms with E-state index in [2.05, 4.69) is 25.5 Å². The van der Waals surface area contributed by atoms with Crippen LogP contribution in [0.1, 0.15) is 61.0 Å². The SMILES string of the molecule is C[C@@H]1C[C@H](F)c2ncnc(N3CCN(C(=O)C(CNC4CCNCC4)c4ccc(Cl)cc4)CC3)c21. The molecule has 2 aliphatic heterocycles. The first-order chi connectivity index (χ1) is 17.0. The smallest absolute Gasteiger partial charge is 0.231 e. The number of rotatable bonds is 6. The maximum atomic E-state index is 14.4. The largest absolute Gasteiger partial charge is 0.353 e. The number of fused-ring (bicyclic) bond motifs is 1. The average molecular weight is 501 g/mol. The number of nitrogens with zero attached hydrogens (tertiary/aromatic N) is 4. The lowest BCUT2D eigenvalue weighted by atomic mass is 9.95. The van der Waals surface area contributed by atoms with Crippen molar-refractivity contribution >= 4 is 23.3 Å². The Balaban J connectivity index is 1.27. The molecule has 1 amide bonds. The lowest BCUT2D eigenvalue weighted by molar-refractivity contribution is -0.133. The fraction of sp³-hybridized carbons (Fsp3) is 0.577. The third kappa shape index (κ3) is 5.29. The third-order valence-corrected chi connectivity index (χ3v) is 7.91. The summed E-state index contributed by atoms with van der Waals surface area (Å²) in [6.45, 7) is 7.24. The monoisotopic (exact) mass is 500 g/mol. The molecule has 9 heteroatoms. The first-order valence-corrected chi connectivity index (χ1v) is 13.1. The number of hydrogen-bond acceptors (Lipinski definition) is 6. The zero-order chi connectivity index (χ0) is 24.4. The third-order valence-electron chi connectivity index (χ3n) is 7.65. The highest BCUT2D eigenvalue weighted by Crippen LogP contribution is 2.44. The quantitative estimate of drug-likeness (QED) is 0.633. The molecule has 3 heterocycles. The fourth-order valence-electron chi connectivity index (χ4n) is 5.63. The minimum Gasteiger partial charge on any atom is -0.353 e. The lowest BCUT2D eigenvalue weighted by Gasteiger charge is -2.38. The van der Waals surface area contributed by atoms with Crippen LogP contribution in [0.3, 0.4) is 0 Å². The minimum atomic E-state index is -1.02. The predicted octanol–water partition coefficient (Wildman–Crippen LogP) is 3.42. The Morgan fingerprint density at radius 2 is 1.89 bits per heavy atom. The Morgan fingerprint density at radius 1 is 1.17 bits per heavy atom. The molecule has 2 N–H and O–H groups in total. The Kier molecular flexibility index (Phi) is 7.51. The van der Waals surface area contributed by atoms with E-state index in [-0.39, 0.29) is 17.7 Å². The van der Waals surface area contributed by atoms with Crippen LogP contribution in [-0.2, 0) is 4.79 Å². The number of carbonyl (C=O) groups excluding carboxylic acids is 1. The number of nitrogens with one attached hydrogen (secondary N) is 2. The molecule has 3 atom stereocenters. The summed E-state index contributed by atoms with van der Waals surface area (Å²) >= 11 is 6.12. The lowest BCUT2D eigenvalue weighted by Crippen LogP contribution is -2.52. The second-order valence-electron chi connectivity index (χ2n) is 9.95.